The molecule has 2 heterocycles. The number of benzene rings is 2. The van der Waals surface area contributed by atoms with Gasteiger partial charge in [0.25, 0.3) is 5.91 Å². The number of ether oxygens (including phenoxy) is 1. The number of fused-ring (bicyclic) bond motifs is 1. The predicted molar refractivity (Wildman–Crippen MR) is 112 cm³/mol. The Morgan fingerprint density at radius 3 is 2.58 bits per heavy atom. The summed E-state index contributed by atoms with van der Waals surface area (Å²) >= 11 is 0. The molecule has 0 unspecified atom stereocenters. The summed E-state index contributed by atoms with van der Waals surface area (Å²) in [6.45, 7) is 0.998. The van der Waals surface area contributed by atoms with Crippen molar-refractivity contribution in [3.63, 3.8) is 0 Å². The maximum Gasteiger partial charge on any atom is 0.262 e. The molecule has 1 saturated carbocycles. The van der Waals surface area contributed by atoms with Gasteiger partial charge in [-0.05, 0) is 61.6 Å². The molecule has 6 nitrogen and oxygen atoms in total. The number of hydrogen-bond acceptors (Lipinski definition) is 4. The second-order valence-electron chi connectivity index (χ2n) is 8.57. The van der Waals surface area contributed by atoms with Crippen LogP contribution in [-0.2, 0) is 15.0 Å². The van der Waals surface area contributed by atoms with Gasteiger partial charge < -0.3 is 15.0 Å². The zero-order chi connectivity index (χ0) is 21.6. The van der Waals surface area contributed by atoms with Gasteiger partial charge in [0.05, 0.1) is 11.1 Å². The highest BCUT2D eigenvalue weighted by Gasteiger charge is 2.53. The van der Waals surface area contributed by atoms with Crippen LogP contribution in [0.5, 0.6) is 5.75 Å². The third-order valence-electron chi connectivity index (χ3n) is 6.59. The summed E-state index contributed by atoms with van der Waals surface area (Å²) in [4.78, 5) is 39.6. The first-order valence-corrected chi connectivity index (χ1v) is 10.6. The maximum atomic E-state index is 13.7. The van der Waals surface area contributed by atoms with Gasteiger partial charge >= 0.3 is 0 Å². The Morgan fingerprint density at radius 2 is 1.87 bits per heavy atom. The van der Waals surface area contributed by atoms with Crippen molar-refractivity contribution in [2.75, 3.05) is 25.0 Å². The molecule has 2 amide bonds. The lowest BCUT2D eigenvalue weighted by molar-refractivity contribution is -0.135. The topological polar surface area (TPSA) is 75.7 Å². The van der Waals surface area contributed by atoms with Crippen LogP contribution in [0.1, 0.15) is 41.6 Å². The number of carbonyl (C=O) groups is 3. The van der Waals surface area contributed by atoms with E-state index in [-0.39, 0.29) is 35.9 Å². The Hall–Kier alpha value is -3.22. The average Bonchev–Trinajstić information content (AvgIpc) is 3.60. The van der Waals surface area contributed by atoms with E-state index in [0.717, 1.165) is 18.4 Å². The van der Waals surface area contributed by atoms with Crippen LogP contribution in [0, 0.1) is 11.7 Å². The van der Waals surface area contributed by atoms with Crippen LogP contribution in [0.3, 0.4) is 0 Å². The van der Waals surface area contributed by atoms with E-state index in [2.05, 4.69) is 5.32 Å². The van der Waals surface area contributed by atoms with E-state index in [9.17, 15) is 18.8 Å². The van der Waals surface area contributed by atoms with Gasteiger partial charge in [0, 0.05) is 24.6 Å². The van der Waals surface area contributed by atoms with Gasteiger partial charge in [-0.25, -0.2) is 4.39 Å². The first-order valence-electron chi connectivity index (χ1n) is 10.6. The number of amides is 2. The molecule has 7 heteroatoms. The lowest BCUT2D eigenvalue weighted by Gasteiger charge is -2.34. The molecule has 0 bridgehead atoms. The minimum atomic E-state index is -0.602. The Kier molecular flexibility index (Phi) is 4.76. The minimum Gasteiger partial charge on any atom is -0.482 e. The fourth-order valence-electron chi connectivity index (χ4n) is 4.66. The summed E-state index contributed by atoms with van der Waals surface area (Å²) in [6.07, 6.45) is 2.64. The van der Waals surface area contributed by atoms with Crippen molar-refractivity contribution in [2.24, 2.45) is 5.92 Å². The lowest BCUT2D eigenvalue weighted by atomic mass is 9.87. The molecule has 2 aliphatic heterocycles. The van der Waals surface area contributed by atoms with Crippen molar-refractivity contribution in [3.8, 4) is 5.75 Å². The molecule has 1 saturated heterocycles. The monoisotopic (exact) mass is 422 g/mol. The molecule has 0 atom stereocenters. The van der Waals surface area contributed by atoms with Gasteiger partial charge in [0.1, 0.15) is 11.6 Å². The highest BCUT2D eigenvalue weighted by Crippen LogP contribution is 2.50. The van der Waals surface area contributed by atoms with Gasteiger partial charge in [-0.2, -0.15) is 0 Å². The molecule has 0 spiro atoms. The summed E-state index contributed by atoms with van der Waals surface area (Å²) in [5.41, 5.74) is 1.19. The quantitative estimate of drug-likeness (QED) is 0.767. The number of likely N-dealkylation sites (tertiary alicyclic amines) is 1. The number of nitrogens with one attached hydrogen (secondary N) is 1. The first kappa shape index (κ1) is 19.7. The Bertz CT molecular complexity index is 1070. The van der Waals surface area contributed by atoms with Crippen molar-refractivity contribution >= 4 is 23.3 Å². The zero-order valence-corrected chi connectivity index (χ0v) is 17.0. The fraction of sp³-hybridized carbons (Fsp3) is 0.375. The van der Waals surface area contributed by atoms with Gasteiger partial charge in [-0.15, -0.1) is 0 Å². The van der Waals surface area contributed by atoms with E-state index in [1.165, 1.54) is 12.1 Å². The van der Waals surface area contributed by atoms with Crippen LogP contribution >= 0.6 is 0 Å². The zero-order valence-electron chi connectivity index (χ0n) is 17.0. The predicted octanol–water partition coefficient (Wildman–Crippen LogP) is 3.31. The Balaban J connectivity index is 1.24. The van der Waals surface area contributed by atoms with Gasteiger partial charge in [0.2, 0.25) is 5.91 Å². The van der Waals surface area contributed by atoms with Gasteiger partial charge in [0.15, 0.2) is 12.4 Å². The van der Waals surface area contributed by atoms with E-state index in [1.54, 1.807) is 24.3 Å². The van der Waals surface area contributed by atoms with E-state index < -0.39 is 5.41 Å². The summed E-state index contributed by atoms with van der Waals surface area (Å²) in [7, 11) is 0. The number of carbonyl (C=O) groups excluding carboxylic acids is 3. The smallest absolute Gasteiger partial charge is 0.262 e. The van der Waals surface area contributed by atoms with Crippen LogP contribution in [0.15, 0.2) is 42.5 Å². The number of rotatable bonds is 4. The molecule has 31 heavy (non-hydrogen) atoms. The van der Waals surface area contributed by atoms with Crippen molar-refractivity contribution in [1.82, 2.24) is 4.90 Å². The molecule has 1 N–H and O–H groups in total. The third kappa shape index (κ3) is 3.58. The molecule has 0 aromatic heterocycles. The second kappa shape index (κ2) is 7.48. The minimum absolute atomic E-state index is 0.0148. The number of nitrogens with zero attached hydrogens (tertiary/aromatic N) is 1. The summed E-state index contributed by atoms with van der Waals surface area (Å²) in [5, 5.41) is 2.73. The van der Waals surface area contributed by atoms with Crippen molar-refractivity contribution in [2.45, 2.75) is 31.1 Å². The number of Topliss-reactive ketones (excluding diaryl/α,β-unsaturated/α-hetero) is 1. The lowest BCUT2D eigenvalue weighted by Crippen LogP contribution is -2.45. The normalized spacial score (nSPS) is 19.8. The van der Waals surface area contributed by atoms with E-state index in [1.807, 2.05) is 11.0 Å². The van der Waals surface area contributed by atoms with Crippen LogP contribution in [0.25, 0.3) is 0 Å². The number of ketones is 1. The van der Waals surface area contributed by atoms with Crippen LogP contribution in [0.4, 0.5) is 10.1 Å². The molecule has 5 rings (SSSR count). The molecule has 0 radical (unpaired) electrons. The van der Waals surface area contributed by atoms with Gasteiger partial charge in [-0.3, -0.25) is 14.4 Å². The van der Waals surface area contributed by atoms with E-state index in [0.29, 0.717) is 42.9 Å². The van der Waals surface area contributed by atoms with Crippen LogP contribution < -0.4 is 10.1 Å². The number of halogens is 1. The first-order chi connectivity index (χ1) is 15.0. The molecule has 2 aromatic rings. The molecule has 160 valence electrons. The third-order valence-corrected chi connectivity index (χ3v) is 6.59. The van der Waals surface area contributed by atoms with Crippen molar-refractivity contribution in [1.29, 1.82) is 0 Å². The molecule has 1 aliphatic carbocycles. The number of hydrogen-bond donors (Lipinski definition) is 1. The standard InChI is InChI=1S/C24H23FN2O4/c25-18-3-1-2-17(13-18)24(8-9-24)23(30)27-10-6-15(7-11-27)22(29)16-4-5-20-19(12-16)26-21(28)14-31-20/h1-5,12-13,15H,6-11,14H2,(H,26,28). The van der Waals surface area contributed by atoms with Crippen molar-refractivity contribution < 1.29 is 23.5 Å². The molecular weight excluding hydrogens is 399 g/mol. The van der Waals surface area contributed by atoms with Crippen molar-refractivity contribution in [3.05, 3.63) is 59.4 Å². The summed E-state index contributed by atoms with van der Waals surface area (Å²) in [5.74, 6) is -0.127. The van der Waals surface area contributed by atoms with E-state index >= 15 is 0 Å². The molecule has 3 aliphatic rings. The number of anilines is 1. The van der Waals surface area contributed by atoms with Crippen LogP contribution in [0.2, 0.25) is 0 Å². The summed E-state index contributed by atoms with van der Waals surface area (Å²) in [6, 6.07) is 11.4. The van der Waals surface area contributed by atoms with Crippen LogP contribution in [-0.4, -0.2) is 42.2 Å². The molecule has 2 aromatic carbocycles. The molecular formula is C24H23FN2O4. The van der Waals surface area contributed by atoms with Gasteiger partial charge in [-0.1, -0.05) is 12.1 Å². The largest absolute Gasteiger partial charge is 0.482 e. The highest BCUT2D eigenvalue weighted by molar-refractivity contribution is 6.02. The Labute approximate surface area is 179 Å². The fourth-order valence-corrected chi connectivity index (χ4v) is 4.66. The molecule has 2 fully saturated rings. The SMILES string of the molecule is O=C1COc2ccc(C(=O)C3CCN(C(=O)C4(c5cccc(F)c5)CC4)CC3)cc2N1. The Morgan fingerprint density at radius 1 is 1.10 bits per heavy atom. The highest BCUT2D eigenvalue weighted by atomic mass is 19.1. The maximum absolute atomic E-state index is 13.7. The second-order valence-corrected chi connectivity index (χ2v) is 8.57. The van der Waals surface area contributed by atoms with E-state index in [4.69, 9.17) is 4.74 Å². The number of piperidine rings is 1. The summed E-state index contributed by atoms with van der Waals surface area (Å²) < 4.78 is 19.0. The average molecular weight is 422 g/mol.